The molecule has 20 heavy (non-hydrogen) atoms. The van der Waals surface area contributed by atoms with E-state index >= 15 is 0 Å². The summed E-state index contributed by atoms with van der Waals surface area (Å²) in [6, 6.07) is 8.03. The molecule has 3 nitrogen and oxygen atoms in total. The van der Waals surface area contributed by atoms with E-state index in [9.17, 15) is 9.90 Å². The van der Waals surface area contributed by atoms with Crippen LogP contribution in [0.25, 0.3) is 0 Å². The van der Waals surface area contributed by atoms with Crippen molar-refractivity contribution in [1.82, 2.24) is 4.90 Å². The van der Waals surface area contributed by atoms with Crippen molar-refractivity contribution in [2.75, 3.05) is 13.1 Å². The molecule has 0 radical (unpaired) electrons. The first kappa shape index (κ1) is 15.3. The Morgan fingerprint density at radius 2 is 2.30 bits per heavy atom. The number of carboxylic acids is 1. The van der Waals surface area contributed by atoms with E-state index in [2.05, 4.69) is 17.9 Å². The van der Waals surface area contributed by atoms with E-state index < -0.39 is 11.4 Å². The number of aliphatic carboxylic acids is 1. The van der Waals surface area contributed by atoms with E-state index in [-0.39, 0.29) is 6.04 Å². The molecule has 0 spiro atoms. The Bertz CT molecular complexity index is 491. The highest BCUT2D eigenvalue weighted by atomic mass is 35.5. The van der Waals surface area contributed by atoms with Crippen LogP contribution < -0.4 is 0 Å². The molecule has 2 unspecified atom stereocenters. The van der Waals surface area contributed by atoms with Gasteiger partial charge in [-0.15, -0.1) is 0 Å². The van der Waals surface area contributed by atoms with Gasteiger partial charge >= 0.3 is 5.97 Å². The van der Waals surface area contributed by atoms with Gasteiger partial charge in [0.1, 0.15) is 0 Å². The normalized spacial score (nSPS) is 24.8. The highest BCUT2D eigenvalue weighted by Crippen LogP contribution is 2.39. The highest BCUT2D eigenvalue weighted by molar-refractivity contribution is 6.30. The van der Waals surface area contributed by atoms with Gasteiger partial charge in [0.05, 0.1) is 5.41 Å². The van der Waals surface area contributed by atoms with Gasteiger partial charge in [-0.3, -0.25) is 9.69 Å². The van der Waals surface area contributed by atoms with Gasteiger partial charge in [-0.25, -0.2) is 0 Å². The number of nitrogens with zero attached hydrogens (tertiary/aromatic N) is 1. The van der Waals surface area contributed by atoms with Gasteiger partial charge in [0, 0.05) is 17.6 Å². The first-order valence-corrected chi connectivity index (χ1v) is 7.59. The van der Waals surface area contributed by atoms with Crippen molar-refractivity contribution in [3.63, 3.8) is 0 Å². The molecule has 110 valence electrons. The second kappa shape index (κ2) is 6.15. The second-order valence-electron chi connectivity index (χ2n) is 5.79. The van der Waals surface area contributed by atoms with Gasteiger partial charge < -0.3 is 5.11 Å². The monoisotopic (exact) mass is 295 g/mol. The summed E-state index contributed by atoms with van der Waals surface area (Å²) in [7, 11) is 0. The summed E-state index contributed by atoms with van der Waals surface area (Å²) in [6.07, 6.45) is 2.40. The Morgan fingerprint density at radius 1 is 1.55 bits per heavy atom. The highest BCUT2D eigenvalue weighted by Gasteiger charge is 2.45. The third-order valence-electron chi connectivity index (χ3n) is 4.44. The van der Waals surface area contributed by atoms with Crippen LogP contribution in [0.1, 0.15) is 44.7 Å². The summed E-state index contributed by atoms with van der Waals surface area (Å²) < 4.78 is 0. The van der Waals surface area contributed by atoms with Gasteiger partial charge in [0.15, 0.2) is 0 Å². The maximum atomic E-state index is 11.6. The van der Waals surface area contributed by atoms with E-state index in [1.807, 2.05) is 25.1 Å². The van der Waals surface area contributed by atoms with Crippen LogP contribution in [0.2, 0.25) is 5.02 Å². The van der Waals surface area contributed by atoms with Crippen LogP contribution in [0.3, 0.4) is 0 Å². The van der Waals surface area contributed by atoms with Crippen molar-refractivity contribution in [3.8, 4) is 0 Å². The number of halogens is 1. The Labute approximate surface area is 125 Å². The Balaban J connectivity index is 2.14. The van der Waals surface area contributed by atoms with Gasteiger partial charge in [-0.2, -0.15) is 0 Å². The van der Waals surface area contributed by atoms with Gasteiger partial charge in [0.2, 0.25) is 0 Å². The minimum atomic E-state index is -0.653. The zero-order chi connectivity index (χ0) is 14.8. The quantitative estimate of drug-likeness (QED) is 0.893. The van der Waals surface area contributed by atoms with E-state index in [0.717, 1.165) is 36.4 Å². The molecule has 4 heteroatoms. The van der Waals surface area contributed by atoms with Crippen LogP contribution >= 0.6 is 11.6 Å². The van der Waals surface area contributed by atoms with E-state index in [4.69, 9.17) is 11.6 Å². The predicted molar refractivity (Wildman–Crippen MR) is 81.0 cm³/mol. The van der Waals surface area contributed by atoms with Crippen LogP contribution in [0.5, 0.6) is 0 Å². The Kier molecular flexibility index (Phi) is 4.71. The lowest BCUT2D eigenvalue weighted by Gasteiger charge is -2.28. The number of carboxylic acid groups (broad SMARTS) is 1. The van der Waals surface area contributed by atoms with Crippen LogP contribution in [-0.4, -0.2) is 29.1 Å². The maximum Gasteiger partial charge on any atom is 0.310 e. The third kappa shape index (κ3) is 2.99. The fourth-order valence-corrected chi connectivity index (χ4v) is 3.38. The number of hydrogen-bond donors (Lipinski definition) is 1. The number of carbonyl (C=O) groups is 1. The molecule has 2 rings (SSSR count). The molecule has 1 aliphatic heterocycles. The van der Waals surface area contributed by atoms with Crippen molar-refractivity contribution in [2.45, 2.75) is 39.2 Å². The van der Waals surface area contributed by atoms with Crippen molar-refractivity contribution in [1.29, 1.82) is 0 Å². The standard InChI is InChI=1S/C16H22ClNO2/c1-3-7-16(15(19)20)8-9-18(11-16)12(2)13-5-4-6-14(17)10-13/h4-6,10,12H,3,7-9,11H2,1-2H3,(H,19,20). The van der Waals surface area contributed by atoms with Gasteiger partial charge in [-0.05, 0) is 44.0 Å². The summed E-state index contributed by atoms with van der Waals surface area (Å²) >= 11 is 6.04. The molecule has 2 atom stereocenters. The minimum Gasteiger partial charge on any atom is -0.481 e. The zero-order valence-corrected chi connectivity index (χ0v) is 12.9. The number of likely N-dealkylation sites (tertiary alicyclic amines) is 1. The molecule has 1 N–H and O–H groups in total. The molecule has 0 aromatic heterocycles. The number of rotatable bonds is 5. The average Bonchev–Trinajstić information content (AvgIpc) is 2.84. The molecule has 0 saturated carbocycles. The molecule has 0 bridgehead atoms. The van der Waals surface area contributed by atoms with E-state index in [1.54, 1.807) is 0 Å². The summed E-state index contributed by atoms with van der Waals surface area (Å²) in [4.78, 5) is 13.9. The smallest absolute Gasteiger partial charge is 0.310 e. The minimum absolute atomic E-state index is 0.201. The second-order valence-corrected chi connectivity index (χ2v) is 6.22. The lowest BCUT2D eigenvalue weighted by Crippen LogP contribution is -2.35. The molecule has 0 aliphatic carbocycles. The predicted octanol–water partition coefficient (Wildman–Crippen LogP) is 3.98. The molecule has 1 heterocycles. The molecular weight excluding hydrogens is 274 g/mol. The average molecular weight is 296 g/mol. The molecule has 1 aromatic rings. The van der Waals surface area contributed by atoms with Crippen LogP contribution in [0, 0.1) is 5.41 Å². The van der Waals surface area contributed by atoms with Gasteiger partial charge in [-0.1, -0.05) is 37.1 Å². The summed E-state index contributed by atoms with van der Waals surface area (Å²) in [5, 5.41) is 10.3. The molecule has 1 aliphatic rings. The van der Waals surface area contributed by atoms with Crippen molar-refractivity contribution < 1.29 is 9.90 Å². The van der Waals surface area contributed by atoms with Crippen LogP contribution in [0.4, 0.5) is 0 Å². The molecule has 1 saturated heterocycles. The first-order valence-electron chi connectivity index (χ1n) is 7.21. The van der Waals surface area contributed by atoms with Gasteiger partial charge in [0.25, 0.3) is 0 Å². The number of hydrogen-bond acceptors (Lipinski definition) is 2. The lowest BCUT2D eigenvalue weighted by atomic mass is 9.82. The summed E-state index contributed by atoms with van der Waals surface area (Å²) in [5.41, 5.74) is 0.580. The summed E-state index contributed by atoms with van der Waals surface area (Å²) in [5.74, 6) is -0.653. The fraction of sp³-hybridized carbons (Fsp3) is 0.562. The SMILES string of the molecule is CCCC1(C(=O)O)CCN(C(C)c2cccc(Cl)c2)C1. The van der Waals surface area contributed by atoms with Crippen molar-refractivity contribution in [2.24, 2.45) is 5.41 Å². The molecular formula is C16H22ClNO2. The fourth-order valence-electron chi connectivity index (χ4n) is 3.18. The molecule has 1 aromatic carbocycles. The Morgan fingerprint density at radius 3 is 2.90 bits per heavy atom. The first-order chi connectivity index (χ1) is 9.48. The topological polar surface area (TPSA) is 40.5 Å². The van der Waals surface area contributed by atoms with E-state index in [1.165, 1.54) is 0 Å². The van der Waals surface area contributed by atoms with Crippen molar-refractivity contribution in [3.05, 3.63) is 34.9 Å². The lowest BCUT2D eigenvalue weighted by molar-refractivity contribution is -0.148. The van der Waals surface area contributed by atoms with Crippen LogP contribution in [0.15, 0.2) is 24.3 Å². The van der Waals surface area contributed by atoms with Crippen LogP contribution in [-0.2, 0) is 4.79 Å². The zero-order valence-electron chi connectivity index (χ0n) is 12.1. The Hall–Kier alpha value is -1.06. The molecule has 0 amide bonds. The maximum absolute atomic E-state index is 11.6. The largest absolute Gasteiger partial charge is 0.481 e. The third-order valence-corrected chi connectivity index (χ3v) is 4.68. The summed E-state index contributed by atoms with van der Waals surface area (Å²) in [6.45, 7) is 5.63. The number of benzene rings is 1. The molecule has 1 fully saturated rings. The van der Waals surface area contributed by atoms with Crippen molar-refractivity contribution >= 4 is 17.6 Å². The van der Waals surface area contributed by atoms with E-state index in [0.29, 0.717) is 6.54 Å².